The van der Waals surface area contributed by atoms with E-state index in [4.69, 9.17) is 5.11 Å². The normalized spacial score (nSPS) is 34.3. The summed E-state index contributed by atoms with van der Waals surface area (Å²) in [6.45, 7) is 1.65. The zero-order valence-electron chi connectivity index (χ0n) is 4.04. The topological polar surface area (TPSA) is 23.5 Å². The van der Waals surface area contributed by atoms with Crippen LogP contribution in [0.5, 0.6) is 0 Å². The summed E-state index contributed by atoms with van der Waals surface area (Å²) in [4.78, 5) is 0. The highest BCUT2D eigenvalue weighted by Gasteiger charge is 2.16. The van der Waals surface area contributed by atoms with Crippen molar-refractivity contribution >= 4 is 12.8 Å². The Morgan fingerprint density at radius 1 is 1.71 bits per heavy atom. The van der Waals surface area contributed by atoms with Crippen LogP contribution in [-0.4, -0.2) is 28.6 Å². The largest absolute Gasteiger partial charge is 0.392 e. The molecule has 1 heterocycles. The number of rotatable bonds is 0. The lowest BCUT2D eigenvalue weighted by Crippen LogP contribution is -2.10. The number of aliphatic hydroxyl groups is 1. The van der Waals surface area contributed by atoms with E-state index in [1.54, 1.807) is 0 Å². The van der Waals surface area contributed by atoms with Crippen molar-refractivity contribution in [3.8, 4) is 0 Å². The third-order valence-electron chi connectivity index (χ3n) is 1.14. The van der Waals surface area contributed by atoms with Crippen LogP contribution >= 0.6 is 12.8 Å². The summed E-state index contributed by atoms with van der Waals surface area (Å²) in [5.74, 6) is 0. The molecular weight excluding hydrogens is 110 g/mol. The van der Waals surface area contributed by atoms with Gasteiger partial charge in [-0.25, -0.2) is 0 Å². The zero-order valence-corrected chi connectivity index (χ0v) is 4.93. The van der Waals surface area contributed by atoms with Crippen molar-refractivity contribution in [3.05, 3.63) is 0 Å². The third kappa shape index (κ3) is 1.33. The van der Waals surface area contributed by atoms with Crippen molar-refractivity contribution in [1.82, 2.24) is 4.31 Å². The Hall–Kier alpha value is 0.270. The predicted octanol–water partition coefficient (Wildman–Crippen LogP) is -0.102. The minimum Gasteiger partial charge on any atom is -0.392 e. The van der Waals surface area contributed by atoms with E-state index in [-0.39, 0.29) is 6.10 Å². The van der Waals surface area contributed by atoms with Crippen LogP contribution in [0.25, 0.3) is 0 Å². The molecule has 1 atom stereocenters. The maximum atomic E-state index is 8.81. The highest BCUT2D eigenvalue weighted by molar-refractivity contribution is 7.77. The zero-order chi connectivity index (χ0) is 5.28. The molecule has 2 nitrogen and oxygen atoms in total. The average molecular weight is 119 g/mol. The predicted molar refractivity (Wildman–Crippen MR) is 31.2 cm³/mol. The number of β-amino-alcohol motifs (C(OH)–C–C–N with tert-alkyl or cyclic N) is 1. The van der Waals surface area contributed by atoms with Gasteiger partial charge in [0.2, 0.25) is 0 Å². The standard InChI is InChI=1S/C4H9NOS/c6-4-1-2-5(7)3-4/h4,6-7H,1-3H2/t4-/m1/s1. The molecule has 1 aliphatic rings. The van der Waals surface area contributed by atoms with E-state index in [2.05, 4.69) is 12.8 Å². The highest BCUT2D eigenvalue weighted by Crippen LogP contribution is 2.09. The molecule has 0 radical (unpaired) electrons. The van der Waals surface area contributed by atoms with Crippen LogP contribution in [-0.2, 0) is 0 Å². The maximum absolute atomic E-state index is 8.81. The molecule has 1 aliphatic heterocycles. The summed E-state index contributed by atoms with van der Waals surface area (Å²) >= 11 is 4.03. The molecule has 0 saturated carbocycles. The van der Waals surface area contributed by atoms with Gasteiger partial charge in [0.15, 0.2) is 0 Å². The second-order valence-corrected chi connectivity index (χ2v) is 2.42. The van der Waals surface area contributed by atoms with Crippen LogP contribution in [0.4, 0.5) is 0 Å². The van der Waals surface area contributed by atoms with Crippen LogP contribution in [0, 0.1) is 0 Å². The lowest BCUT2D eigenvalue weighted by atomic mass is 10.3. The van der Waals surface area contributed by atoms with Gasteiger partial charge in [0.05, 0.1) is 6.10 Å². The van der Waals surface area contributed by atoms with Gasteiger partial charge in [0.25, 0.3) is 0 Å². The van der Waals surface area contributed by atoms with Gasteiger partial charge in [-0.1, -0.05) is 12.8 Å². The summed E-state index contributed by atoms with van der Waals surface area (Å²) in [5.41, 5.74) is 0. The van der Waals surface area contributed by atoms with Crippen LogP contribution in [0.2, 0.25) is 0 Å². The Morgan fingerprint density at radius 2 is 2.43 bits per heavy atom. The van der Waals surface area contributed by atoms with Crippen LogP contribution in [0.3, 0.4) is 0 Å². The van der Waals surface area contributed by atoms with Crippen LogP contribution in [0.1, 0.15) is 6.42 Å². The van der Waals surface area contributed by atoms with E-state index in [1.165, 1.54) is 0 Å². The molecule has 7 heavy (non-hydrogen) atoms. The minimum atomic E-state index is -0.127. The Balaban J connectivity index is 2.26. The van der Waals surface area contributed by atoms with Crippen LogP contribution in [0.15, 0.2) is 0 Å². The van der Waals surface area contributed by atoms with Gasteiger partial charge in [-0.2, -0.15) is 0 Å². The molecule has 0 bridgehead atoms. The SMILES string of the molecule is O[C@@H]1CCN(S)C1. The first-order valence-electron chi connectivity index (χ1n) is 2.41. The fourth-order valence-electron chi connectivity index (χ4n) is 0.724. The van der Waals surface area contributed by atoms with E-state index < -0.39 is 0 Å². The summed E-state index contributed by atoms with van der Waals surface area (Å²) in [6.07, 6.45) is 0.751. The van der Waals surface area contributed by atoms with Gasteiger partial charge in [0, 0.05) is 13.1 Å². The first kappa shape index (κ1) is 5.41. The Labute approximate surface area is 48.7 Å². The van der Waals surface area contributed by atoms with Gasteiger partial charge >= 0.3 is 0 Å². The van der Waals surface area contributed by atoms with Gasteiger partial charge in [0.1, 0.15) is 0 Å². The molecule has 0 amide bonds. The van der Waals surface area contributed by atoms with E-state index in [0.717, 1.165) is 19.5 Å². The first-order chi connectivity index (χ1) is 3.29. The molecule has 1 N–H and O–H groups in total. The van der Waals surface area contributed by atoms with Gasteiger partial charge in [-0.05, 0) is 6.42 Å². The molecule has 0 aromatic carbocycles. The van der Waals surface area contributed by atoms with Crippen molar-refractivity contribution in [1.29, 1.82) is 0 Å². The van der Waals surface area contributed by atoms with Crippen molar-refractivity contribution in [3.63, 3.8) is 0 Å². The second-order valence-electron chi connectivity index (χ2n) is 1.86. The summed E-state index contributed by atoms with van der Waals surface area (Å²) in [5, 5.41) is 8.81. The summed E-state index contributed by atoms with van der Waals surface area (Å²) in [6, 6.07) is 0. The molecule has 0 unspecified atom stereocenters. The fraction of sp³-hybridized carbons (Fsp3) is 1.00. The smallest absolute Gasteiger partial charge is 0.0689 e. The van der Waals surface area contributed by atoms with Gasteiger partial charge < -0.3 is 5.11 Å². The Kier molecular flexibility index (Phi) is 1.57. The van der Waals surface area contributed by atoms with E-state index in [1.807, 2.05) is 4.31 Å². The summed E-state index contributed by atoms with van der Waals surface area (Å²) < 4.78 is 1.82. The monoisotopic (exact) mass is 119 g/mol. The highest BCUT2D eigenvalue weighted by atomic mass is 32.1. The number of aliphatic hydroxyl groups excluding tert-OH is 1. The molecule has 0 spiro atoms. The fourth-order valence-corrected chi connectivity index (χ4v) is 1.03. The van der Waals surface area contributed by atoms with E-state index in [9.17, 15) is 0 Å². The Morgan fingerprint density at radius 3 is 2.57 bits per heavy atom. The molecule has 0 aromatic heterocycles. The molecule has 1 rings (SSSR count). The molecule has 1 saturated heterocycles. The van der Waals surface area contributed by atoms with Crippen molar-refractivity contribution in [2.75, 3.05) is 13.1 Å². The van der Waals surface area contributed by atoms with Crippen LogP contribution < -0.4 is 0 Å². The van der Waals surface area contributed by atoms with Crippen molar-refractivity contribution < 1.29 is 5.11 Å². The maximum Gasteiger partial charge on any atom is 0.0689 e. The Bertz CT molecular complexity index is 60.7. The minimum absolute atomic E-state index is 0.127. The lowest BCUT2D eigenvalue weighted by Gasteiger charge is -2.01. The molecule has 0 aliphatic carbocycles. The number of hydrogen-bond acceptors (Lipinski definition) is 3. The molecule has 0 aromatic rings. The van der Waals surface area contributed by atoms with Gasteiger partial charge in [-0.3, -0.25) is 4.31 Å². The average Bonchev–Trinajstić information content (AvgIpc) is 1.87. The third-order valence-corrected chi connectivity index (χ3v) is 1.51. The van der Waals surface area contributed by atoms with E-state index in [0.29, 0.717) is 0 Å². The van der Waals surface area contributed by atoms with E-state index >= 15 is 0 Å². The van der Waals surface area contributed by atoms with Gasteiger partial charge in [-0.15, -0.1) is 0 Å². The number of nitrogens with zero attached hydrogens (tertiary/aromatic N) is 1. The molecule has 1 fully saturated rings. The first-order valence-corrected chi connectivity index (χ1v) is 2.81. The lowest BCUT2D eigenvalue weighted by molar-refractivity contribution is 0.191. The number of hydrogen-bond donors (Lipinski definition) is 2. The molecular formula is C4H9NOS. The summed E-state index contributed by atoms with van der Waals surface area (Å²) in [7, 11) is 0. The second kappa shape index (κ2) is 2.03. The molecule has 42 valence electrons. The number of thiol groups is 1. The van der Waals surface area contributed by atoms with Crippen molar-refractivity contribution in [2.45, 2.75) is 12.5 Å². The molecule has 3 heteroatoms. The quantitative estimate of drug-likeness (QED) is 0.435. The van der Waals surface area contributed by atoms with Crippen molar-refractivity contribution in [2.24, 2.45) is 0 Å².